The largest absolute Gasteiger partial charge is 0.435 e. The molecule has 0 radical (unpaired) electrons. The van der Waals surface area contributed by atoms with Gasteiger partial charge in [0.15, 0.2) is 5.69 Å². The second-order valence-corrected chi connectivity index (χ2v) is 8.85. The number of rotatable bonds is 5. The molecule has 1 N–H and O–H groups in total. The summed E-state index contributed by atoms with van der Waals surface area (Å²) in [7, 11) is 0. The number of hydrogen-bond donors (Lipinski definition) is 1. The van der Waals surface area contributed by atoms with Gasteiger partial charge in [0.2, 0.25) is 5.95 Å². The van der Waals surface area contributed by atoms with Gasteiger partial charge in [-0.3, -0.25) is 4.31 Å². The maximum atomic E-state index is 13.7. The van der Waals surface area contributed by atoms with Crippen LogP contribution in [0.25, 0.3) is 17.1 Å². The first-order chi connectivity index (χ1) is 16.5. The van der Waals surface area contributed by atoms with Gasteiger partial charge in [0.1, 0.15) is 23.3 Å². The molecule has 1 saturated heterocycles. The lowest BCUT2D eigenvalue weighted by atomic mass is 10.1. The van der Waals surface area contributed by atoms with Crippen LogP contribution in [-0.2, 0) is 12.4 Å². The molecule has 14 heteroatoms. The summed E-state index contributed by atoms with van der Waals surface area (Å²) in [6.07, 6.45) is -3.32. The van der Waals surface area contributed by atoms with E-state index < -0.39 is 29.3 Å². The van der Waals surface area contributed by atoms with Crippen molar-refractivity contribution < 1.29 is 26.3 Å². The van der Waals surface area contributed by atoms with E-state index in [0.29, 0.717) is 6.20 Å². The number of pyridine rings is 1. The summed E-state index contributed by atoms with van der Waals surface area (Å²) in [6.45, 7) is 3.03. The van der Waals surface area contributed by atoms with Gasteiger partial charge in [-0.15, -0.1) is 0 Å². The van der Waals surface area contributed by atoms with Crippen LogP contribution in [0.3, 0.4) is 0 Å². The van der Waals surface area contributed by atoms with Gasteiger partial charge in [-0.05, 0) is 38.2 Å². The molecule has 1 fully saturated rings. The van der Waals surface area contributed by atoms with Gasteiger partial charge < -0.3 is 9.88 Å². The van der Waals surface area contributed by atoms with Gasteiger partial charge in [-0.25, -0.2) is 19.9 Å². The molecule has 0 amide bonds. The number of nitrogens with one attached hydrogen (secondary N) is 1. The minimum Gasteiger partial charge on any atom is -0.351 e. The maximum absolute atomic E-state index is 13.7. The van der Waals surface area contributed by atoms with Crippen molar-refractivity contribution in [2.45, 2.75) is 38.2 Å². The zero-order chi connectivity index (χ0) is 25.4. The lowest BCUT2D eigenvalue weighted by Gasteiger charge is -2.30. The topological polar surface area (TPSA) is 71.8 Å². The maximum Gasteiger partial charge on any atom is 0.435 e. The van der Waals surface area contributed by atoms with Crippen molar-refractivity contribution in [2.75, 3.05) is 24.7 Å². The number of hydrogen-bond acceptors (Lipinski definition) is 7. The molecule has 0 spiro atoms. The minimum atomic E-state index is -4.79. The highest BCUT2D eigenvalue weighted by Crippen LogP contribution is 2.37. The van der Waals surface area contributed by atoms with Crippen LogP contribution in [0, 0.1) is 6.92 Å². The number of anilines is 1. The Kier molecular flexibility index (Phi) is 6.95. The van der Waals surface area contributed by atoms with Crippen LogP contribution in [-0.4, -0.2) is 54.2 Å². The zero-order valence-electron chi connectivity index (χ0n) is 18.7. The van der Waals surface area contributed by atoms with Crippen molar-refractivity contribution in [1.29, 1.82) is 0 Å². The van der Waals surface area contributed by atoms with E-state index in [-0.39, 0.29) is 29.1 Å². The molecule has 0 unspecified atom stereocenters. The summed E-state index contributed by atoms with van der Waals surface area (Å²) in [5.41, 5.74) is -3.28. The number of alkyl halides is 6. The van der Waals surface area contributed by atoms with E-state index in [2.05, 4.69) is 29.6 Å². The van der Waals surface area contributed by atoms with Crippen molar-refractivity contribution in [3.8, 4) is 17.1 Å². The fourth-order valence-corrected chi connectivity index (χ4v) is 4.34. The van der Waals surface area contributed by atoms with E-state index in [4.69, 9.17) is 0 Å². The molecule has 0 atom stereocenters. The average Bonchev–Trinajstić information content (AvgIpc) is 3.28. The average molecular weight is 518 g/mol. The van der Waals surface area contributed by atoms with Crippen molar-refractivity contribution >= 4 is 17.9 Å². The number of aryl methyl sites for hydroxylation is 1. The monoisotopic (exact) mass is 517 g/mol. The van der Waals surface area contributed by atoms with Crippen molar-refractivity contribution in [3.05, 3.63) is 47.8 Å². The van der Waals surface area contributed by atoms with Gasteiger partial charge in [-0.1, -0.05) is 11.9 Å². The first-order valence-corrected chi connectivity index (χ1v) is 11.7. The molecule has 7 nitrogen and oxygen atoms in total. The third kappa shape index (κ3) is 5.69. The van der Waals surface area contributed by atoms with Gasteiger partial charge in [0.25, 0.3) is 0 Å². The molecule has 0 aliphatic carbocycles. The predicted octanol–water partition coefficient (Wildman–Crippen LogP) is 5.22. The summed E-state index contributed by atoms with van der Waals surface area (Å²) >= 11 is 1.63. The Balaban J connectivity index is 1.69. The number of imidazole rings is 1. The Morgan fingerprint density at radius 2 is 1.71 bits per heavy atom. The Bertz CT molecular complexity index is 1190. The summed E-state index contributed by atoms with van der Waals surface area (Å²) in [6, 6.07) is 2.55. The third-order valence-electron chi connectivity index (χ3n) is 5.52. The van der Waals surface area contributed by atoms with Gasteiger partial charge in [-0.2, -0.15) is 26.3 Å². The van der Waals surface area contributed by atoms with E-state index in [9.17, 15) is 26.3 Å². The number of aromatic nitrogens is 5. The molecule has 4 heterocycles. The number of nitrogens with zero attached hydrogens (tertiary/aromatic N) is 6. The molecular formula is C21H21F6N7S. The highest BCUT2D eigenvalue weighted by molar-refractivity contribution is 7.96. The quantitative estimate of drug-likeness (QED) is 0.367. The van der Waals surface area contributed by atoms with Crippen molar-refractivity contribution in [2.24, 2.45) is 0 Å². The molecule has 0 saturated carbocycles. The summed E-state index contributed by atoms with van der Waals surface area (Å²) in [4.78, 5) is 15.4. The predicted molar refractivity (Wildman–Crippen MR) is 119 cm³/mol. The van der Waals surface area contributed by atoms with Crippen LogP contribution in [0.15, 0.2) is 30.9 Å². The fourth-order valence-electron chi connectivity index (χ4n) is 3.76. The van der Waals surface area contributed by atoms with E-state index in [1.807, 2.05) is 6.26 Å². The van der Waals surface area contributed by atoms with Crippen LogP contribution in [0.5, 0.6) is 0 Å². The Hall–Kier alpha value is -2.87. The van der Waals surface area contributed by atoms with Crippen LogP contribution < -0.4 is 5.32 Å². The second kappa shape index (κ2) is 9.64. The Morgan fingerprint density at radius 1 is 1.00 bits per heavy atom. The summed E-state index contributed by atoms with van der Waals surface area (Å²) < 4.78 is 84.8. The summed E-state index contributed by atoms with van der Waals surface area (Å²) in [5.74, 6) is -0.00173. The van der Waals surface area contributed by atoms with Crippen molar-refractivity contribution in [1.82, 2.24) is 28.8 Å². The first kappa shape index (κ1) is 25.2. The van der Waals surface area contributed by atoms with Crippen molar-refractivity contribution in [3.63, 3.8) is 0 Å². The highest BCUT2D eigenvalue weighted by atomic mass is 32.2. The minimum absolute atomic E-state index is 0.00173. The smallest absolute Gasteiger partial charge is 0.351 e. The van der Waals surface area contributed by atoms with E-state index in [1.165, 1.54) is 19.1 Å². The Labute approximate surface area is 201 Å². The molecule has 3 aromatic heterocycles. The molecule has 0 bridgehead atoms. The lowest BCUT2D eigenvalue weighted by molar-refractivity contribution is -0.141. The SMILES string of the molecule is CSN1CCC(Nc2ncc(C(F)(F)F)c(-c3cn(-c4ccc(C)nc4C(F)(F)F)cn3)n2)CC1. The third-order valence-corrected chi connectivity index (χ3v) is 6.41. The number of piperidine rings is 1. The molecule has 4 rings (SSSR count). The lowest BCUT2D eigenvalue weighted by Crippen LogP contribution is -2.35. The highest BCUT2D eigenvalue weighted by Gasteiger charge is 2.38. The van der Waals surface area contributed by atoms with Crippen LogP contribution in [0.4, 0.5) is 32.3 Å². The van der Waals surface area contributed by atoms with Gasteiger partial charge in [0, 0.05) is 37.2 Å². The van der Waals surface area contributed by atoms with E-state index >= 15 is 0 Å². The van der Waals surface area contributed by atoms with Gasteiger partial charge >= 0.3 is 12.4 Å². The molecule has 188 valence electrons. The normalized spacial score (nSPS) is 16.0. The first-order valence-electron chi connectivity index (χ1n) is 10.5. The second-order valence-electron chi connectivity index (χ2n) is 7.97. The van der Waals surface area contributed by atoms with Gasteiger partial charge in [0.05, 0.1) is 5.69 Å². The van der Waals surface area contributed by atoms with Crippen LogP contribution >= 0.6 is 11.9 Å². The molecular weight excluding hydrogens is 496 g/mol. The van der Waals surface area contributed by atoms with E-state index in [0.717, 1.165) is 43.0 Å². The number of halogens is 6. The molecule has 0 aromatic carbocycles. The fraction of sp³-hybridized carbons (Fsp3) is 0.429. The molecule has 35 heavy (non-hydrogen) atoms. The van der Waals surface area contributed by atoms with E-state index in [1.54, 1.807) is 11.9 Å². The van der Waals surface area contributed by atoms with Crippen LogP contribution in [0.1, 0.15) is 29.8 Å². The summed E-state index contributed by atoms with van der Waals surface area (Å²) in [5, 5.41) is 3.07. The Morgan fingerprint density at radius 3 is 2.34 bits per heavy atom. The molecule has 1 aliphatic rings. The molecule has 1 aliphatic heterocycles. The zero-order valence-corrected chi connectivity index (χ0v) is 19.5. The van der Waals surface area contributed by atoms with Crippen LogP contribution in [0.2, 0.25) is 0 Å². The molecule has 3 aromatic rings. The standard InChI is InChI=1S/C21H21F6N7S/c1-12-3-4-16(18(30-12)21(25,26)27)33-10-15(29-11-33)17-14(20(22,23)24)9-28-19(32-17)31-13-5-7-34(35-2)8-6-13/h3-4,9-11,13H,5-8H2,1-2H3,(H,28,31,32).